The first-order chi connectivity index (χ1) is 9.04. The summed E-state index contributed by atoms with van der Waals surface area (Å²) >= 11 is 3.58. The molecule has 1 aliphatic carbocycles. The van der Waals surface area contributed by atoms with Crippen molar-refractivity contribution < 1.29 is 4.79 Å². The summed E-state index contributed by atoms with van der Waals surface area (Å²) in [5.41, 5.74) is 1.47. The number of halogens is 1. The Hall–Kier alpha value is -0.900. The fourth-order valence-corrected chi connectivity index (χ4v) is 3.49. The molecule has 1 aromatic rings. The molecule has 1 saturated carbocycles. The molecular formula is C15H21BrN2O. The average Bonchev–Trinajstić information content (AvgIpc) is 2.39. The Morgan fingerprint density at radius 3 is 2.95 bits per heavy atom. The van der Waals surface area contributed by atoms with Crippen molar-refractivity contribution in [3.63, 3.8) is 0 Å². The second-order valence-corrected chi connectivity index (χ2v) is 6.32. The molecule has 1 fully saturated rings. The van der Waals surface area contributed by atoms with E-state index in [1.807, 2.05) is 19.1 Å². The Kier molecular flexibility index (Phi) is 4.61. The normalized spacial score (nSPS) is 27.0. The molecule has 1 N–H and O–H groups in total. The summed E-state index contributed by atoms with van der Waals surface area (Å²) in [7, 11) is 0. The number of pyridine rings is 1. The summed E-state index contributed by atoms with van der Waals surface area (Å²) in [5, 5.41) is 4.04. The minimum Gasteiger partial charge on any atom is -0.346 e. The van der Waals surface area contributed by atoms with Crippen molar-refractivity contribution >= 4 is 21.8 Å². The highest BCUT2D eigenvalue weighted by Crippen LogP contribution is 2.33. The molecule has 0 spiro atoms. The number of rotatable bonds is 3. The van der Waals surface area contributed by atoms with Crippen molar-refractivity contribution in [3.8, 4) is 0 Å². The number of carbonyl (C=O) groups excluding carboxylic acids is 1. The lowest BCUT2D eigenvalue weighted by Crippen LogP contribution is -2.52. The van der Waals surface area contributed by atoms with Gasteiger partial charge in [0, 0.05) is 17.2 Å². The van der Waals surface area contributed by atoms with Gasteiger partial charge in [-0.1, -0.05) is 35.7 Å². The molecule has 1 aliphatic rings. The highest BCUT2D eigenvalue weighted by Gasteiger charge is 2.35. The summed E-state index contributed by atoms with van der Waals surface area (Å²) in [4.78, 5) is 16.5. The first kappa shape index (κ1) is 14.5. The first-order valence-corrected chi connectivity index (χ1v) is 7.98. The lowest BCUT2D eigenvalue weighted by molar-refractivity contribution is 0.0869. The minimum atomic E-state index is -0.0976. The molecule has 1 amide bonds. The fraction of sp³-hybridized carbons (Fsp3) is 0.600. The number of alkyl halides is 1. The van der Waals surface area contributed by atoms with E-state index in [-0.39, 0.29) is 11.4 Å². The van der Waals surface area contributed by atoms with Crippen LogP contribution in [0.4, 0.5) is 0 Å². The van der Waals surface area contributed by atoms with Crippen LogP contribution in [0.15, 0.2) is 18.3 Å². The van der Waals surface area contributed by atoms with Gasteiger partial charge in [-0.05, 0) is 37.8 Å². The topological polar surface area (TPSA) is 42.0 Å². The number of aromatic nitrogens is 1. The summed E-state index contributed by atoms with van der Waals surface area (Å²) in [6.45, 7) is 4.18. The van der Waals surface area contributed by atoms with Crippen LogP contribution < -0.4 is 5.32 Å². The third-order valence-corrected chi connectivity index (χ3v) is 4.97. The van der Waals surface area contributed by atoms with Gasteiger partial charge in [-0.2, -0.15) is 0 Å². The highest BCUT2D eigenvalue weighted by atomic mass is 79.9. The van der Waals surface area contributed by atoms with E-state index < -0.39 is 0 Å². The van der Waals surface area contributed by atoms with E-state index in [0.29, 0.717) is 11.5 Å². The molecule has 104 valence electrons. The van der Waals surface area contributed by atoms with Gasteiger partial charge < -0.3 is 5.32 Å². The van der Waals surface area contributed by atoms with Gasteiger partial charge in [0.2, 0.25) is 0 Å². The second-order valence-electron chi connectivity index (χ2n) is 5.76. The zero-order valence-corrected chi connectivity index (χ0v) is 13.2. The Labute approximate surface area is 123 Å². The van der Waals surface area contributed by atoms with Crippen LogP contribution in [0.3, 0.4) is 0 Å². The van der Waals surface area contributed by atoms with Crippen LogP contribution >= 0.6 is 15.9 Å². The minimum absolute atomic E-state index is 0.0129. The summed E-state index contributed by atoms with van der Waals surface area (Å²) in [6.07, 6.45) is 6.19. The highest BCUT2D eigenvalue weighted by molar-refractivity contribution is 9.09. The number of hydrogen-bond donors (Lipinski definition) is 1. The molecule has 2 atom stereocenters. The van der Waals surface area contributed by atoms with Crippen molar-refractivity contribution in [2.75, 3.05) is 5.33 Å². The van der Waals surface area contributed by atoms with Crippen LogP contribution in [-0.4, -0.2) is 21.8 Å². The van der Waals surface area contributed by atoms with Gasteiger partial charge in [0.05, 0.1) is 11.1 Å². The molecule has 19 heavy (non-hydrogen) atoms. The van der Waals surface area contributed by atoms with Crippen LogP contribution in [0.25, 0.3) is 0 Å². The van der Waals surface area contributed by atoms with Crippen molar-refractivity contribution in [1.82, 2.24) is 10.3 Å². The van der Waals surface area contributed by atoms with Gasteiger partial charge in [0.1, 0.15) is 0 Å². The standard InChI is InChI=1S/C15H21BrN2O/c1-11-4-3-7-15(8-11,10-16)18-14(19)13-6-5-12(2)17-9-13/h5-6,9,11H,3-4,7-8,10H2,1-2H3,(H,18,19). The maximum atomic E-state index is 12.3. The van der Waals surface area contributed by atoms with Gasteiger partial charge in [0.15, 0.2) is 0 Å². The van der Waals surface area contributed by atoms with E-state index in [0.717, 1.165) is 23.9 Å². The first-order valence-electron chi connectivity index (χ1n) is 6.86. The number of amides is 1. The molecule has 0 aromatic carbocycles. The molecule has 2 rings (SSSR count). The van der Waals surface area contributed by atoms with Crippen LogP contribution in [-0.2, 0) is 0 Å². The van der Waals surface area contributed by atoms with Crippen molar-refractivity contribution in [2.45, 2.75) is 45.1 Å². The zero-order chi connectivity index (χ0) is 13.9. The molecule has 0 radical (unpaired) electrons. The molecule has 3 nitrogen and oxygen atoms in total. The van der Waals surface area contributed by atoms with Crippen LogP contribution in [0.5, 0.6) is 0 Å². The lowest BCUT2D eigenvalue weighted by Gasteiger charge is -2.39. The molecular weight excluding hydrogens is 304 g/mol. The van der Waals surface area contributed by atoms with E-state index in [9.17, 15) is 4.79 Å². The Morgan fingerprint density at radius 1 is 1.58 bits per heavy atom. The molecule has 1 aromatic heterocycles. The maximum Gasteiger partial charge on any atom is 0.253 e. The number of aryl methyl sites for hydroxylation is 1. The van der Waals surface area contributed by atoms with E-state index >= 15 is 0 Å². The van der Waals surface area contributed by atoms with Crippen molar-refractivity contribution in [1.29, 1.82) is 0 Å². The molecule has 4 heteroatoms. The maximum absolute atomic E-state index is 12.3. The summed E-state index contributed by atoms with van der Waals surface area (Å²) in [6, 6.07) is 3.71. The van der Waals surface area contributed by atoms with E-state index in [2.05, 4.69) is 33.2 Å². The Morgan fingerprint density at radius 2 is 2.37 bits per heavy atom. The molecule has 0 aliphatic heterocycles. The van der Waals surface area contributed by atoms with Crippen LogP contribution in [0, 0.1) is 12.8 Å². The fourth-order valence-electron chi connectivity index (χ4n) is 2.84. The third-order valence-electron chi connectivity index (χ3n) is 3.90. The largest absolute Gasteiger partial charge is 0.346 e. The lowest BCUT2D eigenvalue weighted by atomic mass is 9.77. The smallest absolute Gasteiger partial charge is 0.253 e. The predicted octanol–water partition coefficient (Wildman–Crippen LogP) is 3.46. The third kappa shape index (κ3) is 3.56. The van der Waals surface area contributed by atoms with Gasteiger partial charge in [-0.15, -0.1) is 0 Å². The number of hydrogen-bond acceptors (Lipinski definition) is 2. The zero-order valence-electron chi connectivity index (χ0n) is 11.6. The Bertz CT molecular complexity index is 446. The Balaban J connectivity index is 2.09. The number of carbonyl (C=O) groups is 1. The predicted molar refractivity (Wildman–Crippen MR) is 80.6 cm³/mol. The van der Waals surface area contributed by atoms with Gasteiger partial charge in [-0.25, -0.2) is 0 Å². The number of nitrogens with zero attached hydrogens (tertiary/aromatic N) is 1. The summed E-state index contributed by atoms with van der Waals surface area (Å²) < 4.78 is 0. The van der Waals surface area contributed by atoms with Gasteiger partial charge >= 0.3 is 0 Å². The van der Waals surface area contributed by atoms with Crippen LogP contribution in [0.2, 0.25) is 0 Å². The second kappa shape index (κ2) is 6.04. The number of nitrogens with one attached hydrogen (secondary N) is 1. The van der Waals surface area contributed by atoms with E-state index in [1.54, 1.807) is 6.20 Å². The molecule has 1 heterocycles. The monoisotopic (exact) mass is 324 g/mol. The van der Waals surface area contributed by atoms with Crippen LogP contribution in [0.1, 0.15) is 48.7 Å². The molecule has 2 unspecified atom stereocenters. The quantitative estimate of drug-likeness (QED) is 0.865. The van der Waals surface area contributed by atoms with E-state index in [1.165, 1.54) is 12.8 Å². The SMILES string of the molecule is Cc1ccc(C(=O)NC2(CBr)CCCC(C)C2)cn1. The molecule has 0 saturated heterocycles. The van der Waals surface area contributed by atoms with E-state index in [4.69, 9.17) is 0 Å². The van der Waals surface area contributed by atoms with Gasteiger partial charge in [0.25, 0.3) is 5.91 Å². The van der Waals surface area contributed by atoms with Gasteiger partial charge in [-0.3, -0.25) is 9.78 Å². The summed E-state index contributed by atoms with van der Waals surface area (Å²) in [5.74, 6) is 0.656. The molecule has 0 bridgehead atoms. The average molecular weight is 325 g/mol. The van der Waals surface area contributed by atoms with Crippen molar-refractivity contribution in [2.24, 2.45) is 5.92 Å². The van der Waals surface area contributed by atoms with Crippen molar-refractivity contribution in [3.05, 3.63) is 29.6 Å².